The summed E-state index contributed by atoms with van der Waals surface area (Å²) in [6.07, 6.45) is 0. The van der Waals surface area contributed by atoms with E-state index in [1.807, 2.05) is 44.2 Å². The van der Waals surface area contributed by atoms with E-state index in [9.17, 15) is 4.79 Å². The van der Waals surface area contributed by atoms with Crippen LogP contribution in [0.25, 0.3) is 11.0 Å². The summed E-state index contributed by atoms with van der Waals surface area (Å²) >= 11 is 4.79. The highest BCUT2D eigenvalue weighted by molar-refractivity contribution is 9.11. The number of halogens is 1. The van der Waals surface area contributed by atoms with Crippen LogP contribution in [0.5, 0.6) is 0 Å². The van der Waals surface area contributed by atoms with Crippen LogP contribution in [0.3, 0.4) is 0 Å². The van der Waals surface area contributed by atoms with Crippen molar-refractivity contribution >= 4 is 44.0 Å². The zero-order chi connectivity index (χ0) is 13.6. The van der Waals surface area contributed by atoms with Gasteiger partial charge in [0.15, 0.2) is 5.76 Å². The van der Waals surface area contributed by atoms with Gasteiger partial charge < -0.3 is 4.42 Å². The Morgan fingerprint density at radius 1 is 1.21 bits per heavy atom. The van der Waals surface area contributed by atoms with Crippen LogP contribution in [0.4, 0.5) is 0 Å². The van der Waals surface area contributed by atoms with Crippen molar-refractivity contribution in [2.45, 2.75) is 13.8 Å². The Kier molecular flexibility index (Phi) is 3.07. The van der Waals surface area contributed by atoms with Gasteiger partial charge in [-0.2, -0.15) is 0 Å². The molecule has 0 spiro atoms. The standard InChI is InChI=1S/C15H11BrO2S/c1-8-3-4-10-9(2)15(18-11(10)7-8)14(17)12-5-6-13(16)19-12/h3-7H,1-2H3. The van der Waals surface area contributed by atoms with E-state index in [1.165, 1.54) is 11.3 Å². The zero-order valence-electron chi connectivity index (χ0n) is 10.5. The van der Waals surface area contributed by atoms with E-state index in [2.05, 4.69) is 15.9 Å². The van der Waals surface area contributed by atoms with E-state index in [1.54, 1.807) is 0 Å². The second kappa shape index (κ2) is 4.62. The summed E-state index contributed by atoms with van der Waals surface area (Å²) in [6, 6.07) is 9.68. The maximum absolute atomic E-state index is 12.4. The molecule has 0 saturated carbocycles. The van der Waals surface area contributed by atoms with Gasteiger partial charge >= 0.3 is 0 Å². The van der Waals surface area contributed by atoms with Gasteiger partial charge in [0.2, 0.25) is 5.78 Å². The van der Waals surface area contributed by atoms with Crippen molar-refractivity contribution in [3.63, 3.8) is 0 Å². The quantitative estimate of drug-likeness (QED) is 0.610. The predicted octanol–water partition coefficient (Wildman–Crippen LogP) is 5.10. The fourth-order valence-corrected chi connectivity index (χ4v) is 3.42. The number of fused-ring (bicyclic) bond motifs is 1. The molecule has 0 fully saturated rings. The molecule has 0 unspecified atom stereocenters. The molecule has 0 saturated heterocycles. The third-order valence-electron chi connectivity index (χ3n) is 3.10. The summed E-state index contributed by atoms with van der Waals surface area (Å²) in [5, 5.41) is 1.00. The lowest BCUT2D eigenvalue weighted by atomic mass is 10.1. The largest absolute Gasteiger partial charge is 0.452 e. The average molecular weight is 335 g/mol. The summed E-state index contributed by atoms with van der Waals surface area (Å²) in [5.74, 6) is 0.386. The number of benzene rings is 1. The molecule has 0 bridgehead atoms. The topological polar surface area (TPSA) is 30.2 Å². The van der Waals surface area contributed by atoms with Crippen LogP contribution in [0, 0.1) is 13.8 Å². The molecule has 2 heterocycles. The molecule has 0 amide bonds. The first-order valence-electron chi connectivity index (χ1n) is 5.86. The molecule has 1 aromatic carbocycles. The highest BCUT2D eigenvalue weighted by Gasteiger charge is 2.20. The van der Waals surface area contributed by atoms with Crippen LogP contribution >= 0.6 is 27.3 Å². The molecule has 2 aromatic heterocycles. The molecule has 3 aromatic rings. The van der Waals surface area contributed by atoms with Crippen molar-refractivity contribution in [1.29, 1.82) is 0 Å². The molecule has 0 atom stereocenters. The summed E-state index contributed by atoms with van der Waals surface area (Å²) in [4.78, 5) is 13.1. The maximum Gasteiger partial charge on any atom is 0.238 e. The number of aryl methyl sites for hydroxylation is 2. The van der Waals surface area contributed by atoms with E-state index in [0.29, 0.717) is 10.6 Å². The smallest absolute Gasteiger partial charge is 0.238 e. The van der Waals surface area contributed by atoms with E-state index in [4.69, 9.17) is 4.42 Å². The molecule has 96 valence electrons. The Hall–Kier alpha value is -1.39. The lowest BCUT2D eigenvalue weighted by Crippen LogP contribution is -1.98. The SMILES string of the molecule is Cc1ccc2c(C)c(C(=O)c3ccc(Br)s3)oc2c1. The first kappa shape index (κ1) is 12.6. The third kappa shape index (κ3) is 2.15. The molecule has 4 heteroatoms. The lowest BCUT2D eigenvalue weighted by Gasteiger charge is -1.94. The number of ketones is 1. The molecule has 0 aliphatic rings. The third-order valence-corrected chi connectivity index (χ3v) is 4.72. The average Bonchev–Trinajstić information content (AvgIpc) is 2.93. The molecule has 0 aliphatic heterocycles. The molecular weight excluding hydrogens is 324 g/mol. The van der Waals surface area contributed by atoms with E-state index >= 15 is 0 Å². The highest BCUT2D eigenvalue weighted by Crippen LogP contribution is 2.30. The van der Waals surface area contributed by atoms with Crippen molar-refractivity contribution in [2.75, 3.05) is 0 Å². The molecule has 0 radical (unpaired) electrons. The number of carbonyl (C=O) groups is 1. The van der Waals surface area contributed by atoms with Gasteiger partial charge in [0, 0.05) is 10.9 Å². The number of carbonyl (C=O) groups excluding carboxylic acids is 1. The van der Waals surface area contributed by atoms with Gasteiger partial charge in [-0.05, 0) is 53.5 Å². The fourth-order valence-electron chi connectivity index (χ4n) is 2.10. The van der Waals surface area contributed by atoms with Gasteiger partial charge in [-0.1, -0.05) is 12.1 Å². The van der Waals surface area contributed by atoms with Crippen LogP contribution in [0.2, 0.25) is 0 Å². The van der Waals surface area contributed by atoms with Gasteiger partial charge in [0.1, 0.15) is 5.58 Å². The first-order valence-corrected chi connectivity index (χ1v) is 7.47. The number of hydrogen-bond acceptors (Lipinski definition) is 3. The van der Waals surface area contributed by atoms with Gasteiger partial charge in [-0.15, -0.1) is 11.3 Å². The Bertz CT molecular complexity index is 783. The summed E-state index contributed by atoms with van der Waals surface area (Å²) in [7, 11) is 0. The summed E-state index contributed by atoms with van der Waals surface area (Å²) < 4.78 is 6.69. The highest BCUT2D eigenvalue weighted by atomic mass is 79.9. The molecule has 0 aliphatic carbocycles. The van der Waals surface area contributed by atoms with Gasteiger partial charge in [-0.25, -0.2) is 0 Å². The van der Waals surface area contributed by atoms with E-state index in [-0.39, 0.29) is 5.78 Å². The number of furan rings is 1. The fraction of sp³-hybridized carbons (Fsp3) is 0.133. The zero-order valence-corrected chi connectivity index (χ0v) is 12.9. The van der Waals surface area contributed by atoms with Crippen LogP contribution in [-0.2, 0) is 0 Å². The number of hydrogen-bond donors (Lipinski definition) is 0. The van der Waals surface area contributed by atoms with Crippen LogP contribution in [-0.4, -0.2) is 5.78 Å². The van der Waals surface area contributed by atoms with Crippen molar-refractivity contribution in [3.05, 3.63) is 55.9 Å². The van der Waals surface area contributed by atoms with Crippen molar-refractivity contribution in [1.82, 2.24) is 0 Å². The minimum absolute atomic E-state index is 0.0537. The minimum atomic E-state index is -0.0537. The molecule has 2 nitrogen and oxygen atoms in total. The number of thiophene rings is 1. The van der Waals surface area contributed by atoms with Crippen molar-refractivity contribution in [3.8, 4) is 0 Å². The van der Waals surface area contributed by atoms with Crippen LogP contribution < -0.4 is 0 Å². The van der Waals surface area contributed by atoms with E-state index in [0.717, 1.165) is 25.9 Å². The van der Waals surface area contributed by atoms with Crippen molar-refractivity contribution in [2.24, 2.45) is 0 Å². The summed E-state index contributed by atoms with van der Waals surface area (Å²) in [5.41, 5.74) is 2.81. The molecular formula is C15H11BrO2S. The van der Waals surface area contributed by atoms with Gasteiger partial charge in [-0.3, -0.25) is 4.79 Å². The molecule has 3 rings (SSSR count). The Morgan fingerprint density at radius 3 is 2.68 bits per heavy atom. The van der Waals surface area contributed by atoms with Crippen LogP contribution in [0.1, 0.15) is 26.6 Å². The second-order valence-electron chi connectivity index (χ2n) is 4.49. The lowest BCUT2D eigenvalue weighted by molar-refractivity contribution is 0.101. The predicted molar refractivity (Wildman–Crippen MR) is 81.1 cm³/mol. The van der Waals surface area contributed by atoms with Gasteiger partial charge in [0.05, 0.1) is 8.66 Å². The first-order chi connectivity index (χ1) is 9.06. The second-order valence-corrected chi connectivity index (χ2v) is 6.95. The Morgan fingerprint density at radius 2 is 2.00 bits per heavy atom. The van der Waals surface area contributed by atoms with Gasteiger partial charge in [0.25, 0.3) is 0 Å². The Labute approximate surface area is 123 Å². The maximum atomic E-state index is 12.4. The monoisotopic (exact) mass is 334 g/mol. The molecule has 19 heavy (non-hydrogen) atoms. The Balaban J connectivity index is 2.15. The number of rotatable bonds is 2. The molecule has 0 N–H and O–H groups in total. The van der Waals surface area contributed by atoms with Crippen molar-refractivity contribution < 1.29 is 9.21 Å². The van der Waals surface area contributed by atoms with Crippen LogP contribution in [0.15, 0.2) is 38.5 Å². The summed E-state index contributed by atoms with van der Waals surface area (Å²) in [6.45, 7) is 3.94. The van der Waals surface area contributed by atoms with E-state index < -0.39 is 0 Å². The normalized spacial score (nSPS) is 11.1. The minimum Gasteiger partial charge on any atom is -0.452 e.